The fraction of sp³-hybridized carbons (Fsp3) is 0.677. The van der Waals surface area contributed by atoms with Gasteiger partial charge in [0.15, 0.2) is 5.69 Å². The SMILES string of the molecule is Cc1noc(C)c1CC(=O)N1CCCC(=O)N(CCCO)CC(=O)NC2CCc3c(c(nn3CCC(C)C)C(=O)NCC1)C2. The standard InChI is InChI=1S/C31H47N7O6/c1-20(2)10-14-38-26-9-8-23-17-25(26)30(34-38)31(43)32-11-15-36(29(42)18-24-21(3)35-44-22(24)4)12-5-7-28(41)37(13-6-16-39)19-27(40)33-23/h20,23,39H,5-19H2,1-4H3,(H,32,43)(H,33,40). The Kier molecular flexibility index (Phi) is 11.5. The van der Waals surface area contributed by atoms with Crippen LogP contribution in [0.3, 0.4) is 0 Å². The molecule has 4 amide bonds. The molecule has 2 aliphatic rings. The highest BCUT2D eigenvalue weighted by Crippen LogP contribution is 2.26. The van der Waals surface area contributed by atoms with E-state index in [9.17, 15) is 24.3 Å². The molecule has 1 aliphatic heterocycles. The third-order valence-corrected chi connectivity index (χ3v) is 8.47. The minimum Gasteiger partial charge on any atom is -0.396 e. The summed E-state index contributed by atoms with van der Waals surface area (Å²) in [6, 6.07) is -0.188. The first-order chi connectivity index (χ1) is 21.1. The minimum absolute atomic E-state index is 0.0919. The summed E-state index contributed by atoms with van der Waals surface area (Å²) < 4.78 is 7.17. The zero-order valence-corrected chi connectivity index (χ0v) is 26.5. The van der Waals surface area contributed by atoms with E-state index < -0.39 is 0 Å². The number of aryl methyl sites for hydroxylation is 3. The van der Waals surface area contributed by atoms with Crippen molar-refractivity contribution < 1.29 is 28.8 Å². The highest BCUT2D eigenvalue weighted by Gasteiger charge is 2.31. The van der Waals surface area contributed by atoms with Crippen LogP contribution in [0.1, 0.15) is 84.7 Å². The molecule has 0 radical (unpaired) electrons. The Bertz CT molecular complexity index is 1310. The number of aliphatic hydroxyl groups is 1. The maximum Gasteiger partial charge on any atom is 0.272 e. The number of rotatable bonds is 8. The zero-order valence-electron chi connectivity index (χ0n) is 26.5. The molecule has 0 fully saturated rings. The van der Waals surface area contributed by atoms with E-state index in [0.29, 0.717) is 68.3 Å². The molecular formula is C31H47N7O6. The normalized spacial score (nSPS) is 18.8. The molecule has 0 aromatic carbocycles. The summed E-state index contributed by atoms with van der Waals surface area (Å²) in [5.74, 6) is 0.121. The lowest BCUT2D eigenvalue weighted by atomic mass is 9.91. The van der Waals surface area contributed by atoms with Crippen LogP contribution in [0.5, 0.6) is 0 Å². The van der Waals surface area contributed by atoms with Gasteiger partial charge in [-0.2, -0.15) is 5.10 Å². The van der Waals surface area contributed by atoms with Crippen molar-refractivity contribution in [3.8, 4) is 0 Å². The van der Waals surface area contributed by atoms with Crippen molar-refractivity contribution in [2.24, 2.45) is 5.92 Å². The summed E-state index contributed by atoms with van der Waals surface area (Å²) >= 11 is 0. The third-order valence-electron chi connectivity index (χ3n) is 8.47. The summed E-state index contributed by atoms with van der Waals surface area (Å²) in [5.41, 5.74) is 3.61. The number of nitrogens with one attached hydrogen (secondary N) is 2. The second kappa shape index (κ2) is 15.3. The van der Waals surface area contributed by atoms with Gasteiger partial charge in [0.25, 0.3) is 5.91 Å². The van der Waals surface area contributed by atoms with E-state index >= 15 is 0 Å². The second-order valence-corrected chi connectivity index (χ2v) is 12.3. The van der Waals surface area contributed by atoms with Crippen LogP contribution >= 0.6 is 0 Å². The number of carbonyl (C=O) groups is 4. The molecule has 44 heavy (non-hydrogen) atoms. The molecule has 13 nitrogen and oxygen atoms in total. The first kappa shape index (κ1) is 33.2. The Hall–Kier alpha value is -3.74. The number of amides is 4. The molecule has 3 heterocycles. The quantitative estimate of drug-likeness (QED) is 0.401. The van der Waals surface area contributed by atoms with Gasteiger partial charge in [-0.15, -0.1) is 0 Å². The van der Waals surface area contributed by atoms with Crippen molar-refractivity contribution in [3.05, 3.63) is 34.0 Å². The lowest BCUT2D eigenvalue weighted by molar-refractivity contribution is -0.137. The van der Waals surface area contributed by atoms with Crippen LogP contribution in [0.4, 0.5) is 0 Å². The lowest BCUT2D eigenvalue weighted by Gasteiger charge is -2.27. The summed E-state index contributed by atoms with van der Waals surface area (Å²) in [6.45, 7) is 9.39. The van der Waals surface area contributed by atoms with Crippen molar-refractivity contribution in [1.29, 1.82) is 0 Å². The molecule has 0 saturated carbocycles. The van der Waals surface area contributed by atoms with Crippen LogP contribution in [0.15, 0.2) is 4.52 Å². The molecule has 1 atom stereocenters. The summed E-state index contributed by atoms with van der Waals surface area (Å²) in [4.78, 5) is 56.4. The van der Waals surface area contributed by atoms with Gasteiger partial charge in [0.2, 0.25) is 17.7 Å². The molecule has 1 aliphatic carbocycles. The average Bonchev–Trinajstić information content (AvgIpc) is 3.51. The van der Waals surface area contributed by atoms with Gasteiger partial charge >= 0.3 is 0 Å². The monoisotopic (exact) mass is 613 g/mol. The second-order valence-electron chi connectivity index (χ2n) is 12.3. The van der Waals surface area contributed by atoms with E-state index in [0.717, 1.165) is 23.2 Å². The molecule has 2 aromatic heterocycles. The van der Waals surface area contributed by atoms with Crippen LogP contribution in [0.25, 0.3) is 0 Å². The van der Waals surface area contributed by atoms with Crippen molar-refractivity contribution in [2.45, 2.75) is 91.6 Å². The Labute approximate surface area is 258 Å². The Morgan fingerprint density at radius 3 is 2.64 bits per heavy atom. The van der Waals surface area contributed by atoms with Gasteiger partial charge in [0.1, 0.15) is 5.76 Å². The number of hydrogen-bond donors (Lipinski definition) is 3. The lowest BCUT2D eigenvalue weighted by Crippen LogP contribution is -2.46. The molecule has 0 spiro atoms. The van der Waals surface area contributed by atoms with Crippen molar-refractivity contribution >= 4 is 23.6 Å². The van der Waals surface area contributed by atoms with Crippen LogP contribution < -0.4 is 10.6 Å². The van der Waals surface area contributed by atoms with Gasteiger partial charge in [0, 0.05) is 68.6 Å². The number of carbonyl (C=O) groups excluding carboxylic acids is 4. The number of aliphatic hydroxyl groups excluding tert-OH is 1. The minimum atomic E-state index is -0.302. The van der Waals surface area contributed by atoms with E-state index in [1.165, 1.54) is 4.90 Å². The highest BCUT2D eigenvalue weighted by atomic mass is 16.5. The number of fused-ring (bicyclic) bond motifs is 1. The van der Waals surface area contributed by atoms with E-state index in [1.807, 2.05) is 4.68 Å². The van der Waals surface area contributed by atoms with Gasteiger partial charge in [-0.25, -0.2) is 0 Å². The Balaban J connectivity index is 1.59. The maximum absolute atomic E-state index is 13.5. The molecule has 242 valence electrons. The maximum atomic E-state index is 13.5. The predicted molar refractivity (Wildman–Crippen MR) is 162 cm³/mol. The number of aromatic nitrogens is 3. The first-order valence-electron chi connectivity index (χ1n) is 15.8. The largest absolute Gasteiger partial charge is 0.396 e. The van der Waals surface area contributed by atoms with Gasteiger partial charge < -0.3 is 30.1 Å². The molecule has 2 bridgehead atoms. The molecular weight excluding hydrogens is 566 g/mol. The van der Waals surface area contributed by atoms with Gasteiger partial charge in [0.05, 0.1) is 18.7 Å². The summed E-state index contributed by atoms with van der Waals surface area (Å²) in [7, 11) is 0. The van der Waals surface area contributed by atoms with Crippen LogP contribution in [-0.4, -0.2) is 98.8 Å². The van der Waals surface area contributed by atoms with Crippen molar-refractivity contribution in [3.63, 3.8) is 0 Å². The van der Waals surface area contributed by atoms with E-state index in [-0.39, 0.29) is 75.3 Å². The molecule has 2 aromatic rings. The fourth-order valence-corrected chi connectivity index (χ4v) is 5.90. The average molecular weight is 614 g/mol. The van der Waals surface area contributed by atoms with Crippen molar-refractivity contribution in [1.82, 2.24) is 35.4 Å². The number of hydrogen-bond acceptors (Lipinski definition) is 8. The van der Waals surface area contributed by atoms with Crippen LogP contribution in [-0.2, 0) is 40.2 Å². The third kappa shape index (κ3) is 8.46. The number of nitrogens with zero attached hydrogens (tertiary/aromatic N) is 5. The molecule has 4 rings (SSSR count). The Morgan fingerprint density at radius 1 is 1.14 bits per heavy atom. The first-order valence-corrected chi connectivity index (χ1v) is 15.8. The predicted octanol–water partition coefficient (Wildman–Crippen LogP) is 1.31. The van der Waals surface area contributed by atoms with Gasteiger partial charge in [-0.1, -0.05) is 19.0 Å². The molecule has 3 N–H and O–H groups in total. The zero-order chi connectivity index (χ0) is 31.8. The topological polar surface area (TPSA) is 163 Å². The van der Waals surface area contributed by atoms with Gasteiger partial charge in [-0.05, 0) is 58.3 Å². The van der Waals surface area contributed by atoms with Crippen LogP contribution in [0.2, 0.25) is 0 Å². The summed E-state index contributed by atoms with van der Waals surface area (Å²) in [5, 5.41) is 24.1. The Morgan fingerprint density at radius 2 is 1.93 bits per heavy atom. The molecule has 13 heteroatoms. The van der Waals surface area contributed by atoms with E-state index in [4.69, 9.17) is 9.62 Å². The van der Waals surface area contributed by atoms with Crippen LogP contribution in [0, 0.1) is 19.8 Å². The smallest absolute Gasteiger partial charge is 0.272 e. The molecule has 1 unspecified atom stereocenters. The van der Waals surface area contributed by atoms with E-state index in [2.05, 4.69) is 29.6 Å². The molecule has 0 saturated heterocycles. The highest BCUT2D eigenvalue weighted by molar-refractivity contribution is 5.94. The fourth-order valence-electron chi connectivity index (χ4n) is 5.90. The van der Waals surface area contributed by atoms with Gasteiger partial charge in [-0.3, -0.25) is 23.9 Å². The summed E-state index contributed by atoms with van der Waals surface area (Å²) in [6.07, 6.45) is 3.77. The van der Waals surface area contributed by atoms with E-state index in [1.54, 1.807) is 18.7 Å². The van der Waals surface area contributed by atoms with Crippen molar-refractivity contribution in [2.75, 3.05) is 39.3 Å².